The summed E-state index contributed by atoms with van der Waals surface area (Å²) in [6.07, 6.45) is 1.67. The number of pyridine rings is 1. The molecule has 0 saturated heterocycles. The van der Waals surface area contributed by atoms with Gasteiger partial charge in [-0.15, -0.1) is 11.3 Å². The Labute approximate surface area is 151 Å². The minimum absolute atomic E-state index is 0.244. The summed E-state index contributed by atoms with van der Waals surface area (Å²) in [5, 5.41) is 0.647. The Morgan fingerprint density at radius 1 is 1.36 bits per heavy atom. The van der Waals surface area contributed by atoms with E-state index in [1.807, 2.05) is 32.0 Å². The molecule has 6 nitrogen and oxygen atoms in total. The molecular formula is C18H21N3O3S. The van der Waals surface area contributed by atoms with Crippen LogP contribution in [0, 0.1) is 6.92 Å². The van der Waals surface area contributed by atoms with Gasteiger partial charge < -0.3 is 9.64 Å². The summed E-state index contributed by atoms with van der Waals surface area (Å²) in [4.78, 5) is 35.0. The maximum Gasteiger partial charge on any atom is 0.350 e. The lowest BCUT2D eigenvalue weighted by Crippen LogP contribution is -2.35. The van der Waals surface area contributed by atoms with E-state index in [4.69, 9.17) is 4.74 Å². The number of nitrogens with zero attached hydrogens (tertiary/aromatic N) is 3. The number of esters is 1. The Hall–Kier alpha value is -2.54. The number of likely N-dealkylation sites (N-methyl/N-ethyl adjacent to an activating group) is 1. The first-order chi connectivity index (χ1) is 11.9. The van der Waals surface area contributed by atoms with Gasteiger partial charge in [0, 0.05) is 19.3 Å². The highest BCUT2D eigenvalue weighted by molar-refractivity contribution is 7.17. The van der Waals surface area contributed by atoms with Gasteiger partial charge in [-0.1, -0.05) is 18.2 Å². The van der Waals surface area contributed by atoms with Crippen molar-refractivity contribution >= 4 is 23.2 Å². The van der Waals surface area contributed by atoms with Crippen molar-refractivity contribution in [2.75, 3.05) is 19.7 Å². The average Bonchev–Trinajstić information content (AvgIpc) is 2.99. The van der Waals surface area contributed by atoms with Gasteiger partial charge in [0.1, 0.15) is 9.88 Å². The lowest BCUT2D eigenvalue weighted by molar-refractivity contribution is -0.133. The van der Waals surface area contributed by atoms with Gasteiger partial charge in [-0.05, 0) is 32.9 Å². The molecule has 0 fully saturated rings. The second-order valence-corrected chi connectivity index (χ2v) is 6.59. The van der Waals surface area contributed by atoms with E-state index in [0.29, 0.717) is 34.4 Å². The zero-order valence-corrected chi connectivity index (χ0v) is 15.4. The number of hydrogen-bond donors (Lipinski definition) is 0. The van der Waals surface area contributed by atoms with E-state index in [0.717, 1.165) is 5.57 Å². The number of aryl methyl sites for hydroxylation is 1. The van der Waals surface area contributed by atoms with Gasteiger partial charge in [0.15, 0.2) is 6.61 Å². The van der Waals surface area contributed by atoms with E-state index in [-0.39, 0.29) is 12.5 Å². The molecule has 0 atom stereocenters. The lowest BCUT2D eigenvalue weighted by atomic mass is 10.3. The molecular weight excluding hydrogens is 338 g/mol. The third-order valence-electron chi connectivity index (χ3n) is 3.39. The van der Waals surface area contributed by atoms with Crippen LogP contribution < -0.4 is 0 Å². The van der Waals surface area contributed by atoms with E-state index in [2.05, 4.69) is 16.5 Å². The van der Waals surface area contributed by atoms with Crippen LogP contribution in [0.2, 0.25) is 0 Å². The van der Waals surface area contributed by atoms with E-state index >= 15 is 0 Å². The monoisotopic (exact) mass is 359 g/mol. The molecule has 132 valence electrons. The number of ether oxygens (including phenoxy) is 1. The van der Waals surface area contributed by atoms with Crippen LogP contribution in [0.3, 0.4) is 0 Å². The third kappa shape index (κ3) is 4.96. The number of rotatable bonds is 7. The summed E-state index contributed by atoms with van der Waals surface area (Å²) in [5.41, 5.74) is 2.14. The fraction of sp³-hybridized carbons (Fsp3) is 0.333. The second kappa shape index (κ2) is 8.53. The summed E-state index contributed by atoms with van der Waals surface area (Å²) >= 11 is 1.21. The van der Waals surface area contributed by atoms with Crippen molar-refractivity contribution in [3.8, 4) is 10.7 Å². The summed E-state index contributed by atoms with van der Waals surface area (Å²) < 4.78 is 5.17. The molecule has 0 unspecified atom stereocenters. The number of amides is 1. The highest BCUT2D eigenvalue weighted by Crippen LogP contribution is 2.26. The Bertz CT molecular complexity index is 771. The molecule has 0 spiro atoms. The van der Waals surface area contributed by atoms with Crippen molar-refractivity contribution in [1.82, 2.24) is 14.9 Å². The Morgan fingerprint density at radius 2 is 2.12 bits per heavy atom. The third-order valence-corrected chi connectivity index (χ3v) is 4.55. The van der Waals surface area contributed by atoms with Crippen LogP contribution in [0.1, 0.15) is 29.2 Å². The van der Waals surface area contributed by atoms with Gasteiger partial charge >= 0.3 is 5.97 Å². The van der Waals surface area contributed by atoms with Gasteiger partial charge in [0.2, 0.25) is 0 Å². The minimum atomic E-state index is -0.545. The molecule has 25 heavy (non-hydrogen) atoms. The highest BCUT2D eigenvalue weighted by atomic mass is 32.1. The van der Waals surface area contributed by atoms with Crippen LogP contribution in [0.15, 0.2) is 36.5 Å². The molecule has 2 aromatic rings. The van der Waals surface area contributed by atoms with Crippen LogP contribution in [0.5, 0.6) is 0 Å². The zero-order valence-electron chi connectivity index (χ0n) is 14.6. The van der Waals surface area contributed by atoms with Crippen molar-refractivity contribution in [3.63, 3.8) is 0 Å². The molecule has 7 heteroatoms. The van der Waals surface area contributed by atoms with Crippen molar-refractivity contribution in [1.29, 1.82) is 0 Å². The largest absolute Gasteiger partial charge is 0.451 e. The predicted octanol–water partition coefficient (Wildman–Crippen LogP) is 3.09. The van der Waals surface area contributed by atoms with Crippen LogP contribution >= 0.6 is 11.3 Å². The maximum atomic E-state index is 12.3. The Kier molecular flexibility index (Phi) is 6.41. The molecule has 0 radical (unpaired) electrons. The summed E-state index contributed by atoms with van der Waals surface area (Å²) in [5.74, 6) is -0.789. The first kappa shape index (κ1) is 18.8. The fourth-order valence-electron chi connectivity index (χ4n) is 2.17. The van der Waals surface area contributed by atoms with Gasteiger partial charge in [-0.25, -0.2) is 9.78 Å². The van der Waals surface area contributed by atoms with Crippen LogP contribution in [-0.4, -0.2) is 46.4 Å². The molecule has 0 saturated carbocycles. The minimum Gasteiger partial charge on any atom is -0.451 e. The van der Waals surface area contributed by atoms with Gasteiger partial charge in [-0.3, -0.25) is 9.78 Å². The van der Waals surface area contributed by atoms with E-state index < -0.39 is 5.97 Å². The normalized spacial score (nSPS) is 10.4. The smallest absolute Gasteiger partial charge is 0.350 e. The predicted molar refractivity (Wildman–Crippen MR) is 97.4 cm³/mol. The second-order valence-electron chi connectivity index (χ2n) is 5.59. The number of hydrogen-bond acceptors (Lipinski definition) is 6. The molecule has 0 aliphatic heterocycles. The molecule has 2 rings (SSSR count). The molecule has 0 aliphatic rings. The van der Waals surface area contributed by atoms with Gasteiger partial charge in [0.05, 0.1) is 11.4 Å². The van der Waals surface area contributed by atoms with E-state index in [1.54, 1.807) is 18.0 Å². The van der Waals surface area contributed by atoms with Crippen LogP contribution in [0.25, 0.3) is 10.7 Å². The highest BCUT2D eigenvalue weighted by Gasteiger charge is 2.20. The molecule has 2 aromatic heterocycles. The SMILES string of the molecule is C=C(C)CN(CC)C(=O)COC(=O)c1sc(-c2ccccn2)nc1C. The zero-order chi connectivity index (χ0) is 18.4. The summed E-state index contributed by atoms with van der Waals surface area (Å²) in [6, 6.07) is 5.50. The van der Waals surface area contributed by atoms with Crippen molar-refractivity contribution in [2.45, 2.75) is 20.8 Å². The Morgan fingerprint density at radius 3 is 2.72 bits per heavy atom. The summed E-state index contributed by atoms with van der Waals surface area (Å²) in [7, 11) is 0. The molecule has 0 bridgehead atoms. The number of carbonyl (C=O) groups excluding carboxylic acids is 2. The number of thiazole rings is 1. The van der Waals surface area contributed by atoms with Crippen LogP contribution in [0.4, 0.5) is 0 Å². The van der Waals surface area contributed by atoms with Crippen molar-refractivity contribution in [2.24, 2.45) is 0 Å². The van der Waals surface area contributed by atoms with E-state index in [9.17, 15) is 9.59 Å². The van der Waals surface area contributed by atoms with Gasteiger partial charge in [0.25, 0.3) is 5.91 Å². The first-order valence-corrected chi connectivity index (χ1v) is 8.72. The summed E-state index contributed by atoms with van der Waals surface area (Å²) in [6.45, 7) is 9.95. The average molecular weight is 359 g/mol. The molecule has 2 heterocycles. The quantitative estimate of drug-likeness (QED) is 0.561. The Balaban J connectivity index is 2.03. The fourth-order valence-corrected chi connectivity index (χ4v) is 3.11. The number of aromatic nitrogens is 2. The molecule has 0 aromatic carbocycles. The maximum absolute atomic E-state index is 12.3. The first-order valence-electron chi connectivity index (χ1n) is 7.90. The van der Waals surface area contributed by atoms with Crippen molar-refractivity contribution in [3.05, 3.63) is 47.1 Å². The molecule has 1 amide bonds. The molecule has 0 aliphatic carbocycles. The molecule has 0 N–H and O–H groups in total. The van der Waals surface area contributed by atoms with Crippen molar-refractivity contribution < 1.29 is 14.3 Å². The number of carbonyl (C=O) groups is 2. The van der Waals surface area contributed by atoms with Gasteiger partial charge in [-0.2, -0.15) is 0 Å². The van der Waals surface area contributed by atoms with Crippen LogP contribution in [-0.2, 0) is 9.53 Å². The topological polar surface area (TPSA) is 72.4 Å². The standard InChI is InChI=1S/C18H21N3O3S/c1-5-21(10-12(2)3)15(22)11-24-18(23)16-13(4)20-17(25-16)14-8-6-7-9-19-14/h6-9H,2,5,10-11H2,1,3-4H3. The van der Waals surface area contributed by atoms with E-state index in [1.165, 1.54) is 11.3 Å². The lowest BCUT2D eigenvalue weighted by Gasteiger charge is -2.20.